The monoisotopic (exact) mass is 333 g/mol. The molecule has 0 bridgehead atoms. The molecular formula is C22H23NO2. The smallest absolute Gasteiger partial charge is 0.331 e. The second kappa shape index (κ2) is 6.67. The Hall–Kier alpha value is -2.68. The van der Waals surface area contributed by atoms with Crippen molar-refractivity contribution < 1.29 is 9.53 Å². The topological polar surface area (TPSA) is 38.7 Å². The van der Waals surface area contributed by atoms with Gasteiger partial charge >= 0.3 is 5.97 Å². The summed E-state index contributed by atoms with van der Waals surface area (Å²) in [6.07, 6.45) is 1.80. The van der Waals surface area contributed by atoms with Crippen LogP contribution in [-0.4, -0.2) is 23.8 Å². The average Bonchev–Trinajstić information content (AvgIpc) is 2.56. The number of rotatable bonds is 3. The van der Waals surface area contributed by atoms with Crippen LogP contribution in [0.3, 0.4) is 0 Å². The van der Waals surface area contributed by atoms with Crippen molar-refractivity contribution in [3.05, 3.63) is 60.2 Å². The number of esters is 1. The summed E-state index contributed by atoms with van der Waals surface area (Å²) in [5.74, 6) is -0.312. The number of benzene rings is 3. The van der Waals surface area contributed by atoms with E-state index in [0.717, 1.165) is 27.1 Å². The molecule has 3 rings (SSSR count). The molecule has 1 unspecified atom stereocenters. The lowest BCUT2D eigenvalue weighted by atomic mass is 9.97. The minimum Gasteiger partial charge on any atom is -0.458 e. The van der Waals surface area contributed by atoms with Crippen molar-refractivity contribution in [2.24, 2.45) is 4.99 Å². The molecule has 0 radical (unpaired) electrons. The molecule has 0 heterocycles. The highest BCUT2D eigenvalue weighted by Crippen LogP contribution is 2.27. The summed E-state index contributed by atoms with van der Waals surface area (Å²) in [5.41, 5.74) is 0.525. The van der Waals surface area contributed by atoms with Crippen LogP contribution in [0.15, 0.2) is 59.6 Å². The fourth-order valence-corrected chi connectivity index (χ4v) is 2.82. The van der Waals surface area contributed by atoms with Gasteiger partial charge in [0.2, 0.25) is 0 Å². The van der Waals surface area contributed by atoms with Gasteiger partial charge in [-0.25, -0.2) is 4.79 Å². The third-order valence-electron chi connectivity index (χ3n) is 3.99. The van der Waals surface area contributed by atoms with Crippen LogP contribution in [0.2, 0.25) is 0 Å². The van der Waals surface area contributed by atoms with Crippen LogP contribution in [-0.2, 0) is 9.53 Å². The summed E-state index contributed by atoms with van der Waals surface area (Å²) in [6.45, 7) is 7.34. The normalized spacial score (nSPS) is 13.4. The molecule has 128 valence electrons. The van der Waals surface area contributed by atoms with Crippen molar-refractivity contribution in [1.29, 1.82) is 0 Å². The molecule has 0 aliphatic carbocycles. The maximum Gasteiger partial charge on any atom is 0.331 e. The van der Waals surface area contributed by atoms with Crippen molar-refractivity contribution in [1.82, 2.24) is 0 Å². The number of hydrogen-bond acceptors (Lipinski definition) is 3. The van der Waals surface area contributed by atoms with E-state index in [1.165, 1.54) is 0 Å². The molecule has 3 heteroatoms. The van der Waals surface area contributed by atoms with E-state index in [1.54, 1.807) is 13.1 Å². The highest BCUT2D eigenvalue weighted by Gasteiger charge is 2.20. The molecule has 0 aliphatic heterocycles. The van der Waals surface area contributed by atoms with Crippen LogP contribution < -0.4 is 0 Å². The fraction of sp³-hybridized carbons (Fsp3) is 0.273. The number of aliphatic imine (C=N–C) groups is 1. The molecule has 0 amide bonds. The van der Waals surface area contributed by atoms with Gasteiger partial charge in [-0.15, -0.1) is 0 Å². The van der Waals surface area contributed by atoms with Gasteiger partial charge in [0.15, 0.2) is 0 Å². The van der Waals surface area contributed by atoms with Crippen LogP contribution in [0.1, 0.15) is 33.3 Å². The molecule has 0 aliphatic rings. The SMILES string of the molecule is CC(N=Cc1c2ccccc2cc2ccccc12)C(=O)OC(C)(C)C. The first-order valence-electron chi connectivity index (χ1n) is 8.52. The van der Waals surface area contributed by atoms with Gasteiger partial charge in [0.05, 0.1) is 0 Å². The predicted octanol–water partition coefficient (Wildman–Crippen LogP) is 5.14. The highest BCUT2D eigenvalue weighted by atomic mass is 16.6. The zero-order valence-corrected chi connectivity index (χ0v) is 15.1. The van der Waals surface area contributed by atoms with Crippen LogP contribution >= 0.6 is 0 Å². The summed E-state index contributed by atoms with van der Waals surface area (Å²) in [4.78, 5) is 16.7. The van der Waals surface area contributed by atoms with Gasteiger partial charge < -0.3 is 4.74 Å². The standard InChI is InChI=1S/C22H23NO2/c1-15(21(24)25-22(2,3)4)23-14-20-18-11-7-5-9-16(18)13-17-10-6-8-12-19(17)20/h5-15H,1-4H3. The number of hydrogen-bond donors (Lipinski definition) is 0. The van der Waals surface area contributed by atoms with Crippen molar-refractivity contribution in [3.63, 3.8) is 0 Å². The third kappa shape index (κ3) is 3.87. The molecule has 3 aromatic rings. The molecule has 1 atom stereocenters. The van der Waals surface area contributed by atoms with Gasteiger partial charge in [0.1, 0.15) is 11.6 Å². The molecule has 3 nitrogen and oxygen atoms in total. The molecule has 0 fully saturated rings. The zero-order valence-electron chi connectivity index (χ0n) is 15.1. The number of carbonyl (C=O) groups is 1. The first kappa shape index (κ1) is 17.2. The van der Waals surface area contributed by atoms with Gasteiger partial charge in [-0.3, -0.25) is 4.99 Å². The Morgan fingerprint density at radius 3 is 2.04 bits per heavy atom. The van der Waals surface area contributed by atoms with Gasteiger partial charge in [0, 0.05) is 11.8 Å². The van der Waals surface area contributed by atoms with Crippen LogP contribution in [0, 0.1) is 0 Å². The molecular weight excluding hydrogens is 310 g/mol. The average molecular weight is 333 g/mol. The molecule has 0 aromatic heterocycles. The van der Waals surface area contributed by atoms with Crippen LogP contribution in [0.25, 0.3) is 21.5 Å². The van der Waals surface area contributed by atoms with E-state index >= 15 is 0 Å². The fourth-order valence-electron chi connectivity index (χ4n) is 2.82. The maximum atomic E-state index is 12.2. The first-order chi connectivity index (χ1) is 11.8. The Bertz CT molecular complexity index is 897. The number of nitrogens with zero attached hydrogens (tertiary/aromatic N) is 1. The molecule has 0 spiro atoms. The van der Waals surface area contributed by atoms with Gasteiger partial charge in [-0.2, -0.15) is 0 Å². The first-order valence-corrected chi connectivity index (χ1v) is 8.52. The number of ether oxygens (including phenoxy) is 1. The predicted molar refractivity (Wildman–Crippen MR) is 104 cm³/mol. The number of carbonyl (C=O) groups excluding carboxylic acids is 1. The van der Waals surface area contributed by atoms with E-state index in [0.29, 0.717) is 0 Å². The number of fused-ring (bicyclic) bond motifs is 2. The van der Waals surface area contributed by atoms with E-state index in [1.807, 2.05) is 45.0 Å². The van der Waals surface area contributed by atoms with Crippen molar-refractivity contribution in [2.45, 2.75) is 39.3 Å². The summed E-state index contributed by atoms with van der Waals surface area (Å²) in [7, 11) is 0. The lowest BCUT2D eigenvalue weighted by Crippen LogP contribution is -2.29. The Labute approximate surface area is 148 Å². The lowest BCUT2D eigenvalue weighted by Gasteiger charge is -2.20. The quantitative estimate of drug-likeness (QED) is 0.378. The molecule has 3 aromatic carbocycles. The summed E-state index contributed by atoms with van der Waals surface area (Å²) in [5, 5.41) is 4.57. The van der Waals surface area contributed by atoms with Crippen molar-refractivity contribution in [2.75, 3.05) is 0 Å². The minimum atomic E-state index is -0.544. The van der Waals surface area contributed by atoms with E-state index < -0.39 is 11.6 Å². The summed E-state index contributed by atoms with van der Waals surface area (Å²) in [6, 6.07) is 18.1. The molecule has 0 saturated heterocycles. The molecule has 0 saturated carbocycles. The Morgan fingerprint density at radius 2 is 1.52 bits per heavy atom. The van der Waals surface area contributed by atoms with E-state index in [-0.39, 0.29) is 5.97 Å². The van der Waals surface area contributed by atoms with Crippen LogP contribution in [0.5, 0.6) is 0 Å². The Morgan fingerprint density at radius 1 is 1.00 bits per heavy atom. The maximum absolute atomic E-state index is 12.2. The van der Waals surface area contributed by atoms with Crippen molar-refractivity contribution in [3.8, 4) is 0 Å². The van der Waals surface area contributed by atoms with Gasteiger partial charge in [-0.1, -0.05) is 48.5 Å². The third-order valence-corrected chi connectivity index (χ3v) is 3.99. The Kier molecular flexibility index (Phi) is 4.58. The van der Waals surface area contributed by atoms with Crippen LogP contribution in [0.4, 0.5) is 0 Å². The van der Waals surface area contributed by atoms with E-state index in [4.69, 9.17) is 4.74 Å². The zero-order chi connectivity index (χ0) is 18.0. The molecule has 25 heavy (non-hydrogen) atoms. The minimum absolute atomic E-state index is 0.312. The Balaban J connectivity index is 2.03. The lowest BCUT2D eigenvalue weighted by molar-refractivity contribution is -0.155. The molecule has 0 N–H and O–H groups in total. The van der Waals surface area contributed by atoms with E-state index in [2.05, 4.69) is 35.3 Å². The summed E-state index contributed by atoms with van der Waals surface area (Å²) >= 11 is 0. The second-order valence-corrected chi connectivity index (χ2v) is 7.22. The summed E-state index contributed by atoms with van der Waals surface area (Å²) < 4.78 is 5.41. The van der Waals surface area contributed by atoms with E-state index in [9.17, 15) is 4.79 Å². The highest BCUT2D eigenvalue weighted by molar-refractivity contribution is 6.13. The van der Waals surface area contributed by atoms with Crippen molar-refractivity contribution >= 4 is 33.7 Å². The largest absolute Gasteiger partial charge is 0.458 e. The van der Waals surface area contributed by atoms with Gasteiger partial charge in [0.25, 0.3) is 0 Å². The van der Waals surface area contributed by atoms with Gasteiger partial charge in [-0.05, 0) is 55.3 Å². The second-order valence-electron chi connectivity index (χ2n) is 7.22.